The van der Waals surface area contributed by atoms with E-state index in [0.29, 0.717) is 0 Å². The van der Waals surface area contributed by atoms with Crippen LogP contribution in [0.2, 0.25) is 0 Å². The molecule has 0 bridgehead atoms. The van der Waals surface area contributed by atoms with E-state index in [9.17, 15) is 0 Å². The fourth-order valence-electron chi connectivity index (χ4n) is 2.96. The first-order chi connectivity index (χ1) is 10.7. The van der Waals surface area contributed by atoms with Gasteiger partial charge in [-0.15, -0.1) is 0 Å². The summed E-state index contributed by atoms with van der Waals surface area (Å²) in [5.74, 6) is 1.25. The molecule has 0 heterocycles. The molecule has 0 N–H and O–H groups in total. The predicted molar refractivity (Wildman–Crippen MR) is 89.4 cm³/mol. The highest BCUT2D eigenvalue weighted by molar-refractivity contribution is 5.29. The minimum absolute atomic E-state index is 0.525. The standard InChI is InChI=1S/C20H24O2/c1-16-6-10-18(11-7-16)21-20(14-4-3-5-15-20)22-19-12-8-17(2)9-13-19/h6-13H,3-5,14-15H2,1-2H3. The average Bonchev–Trinajstić information content (AvgIpc) is 2.53. The SMILES string of the molecule is Cc1ccc(OC2(Oc3ccc(C)cc3)CCCCC2)cc1. The van der Waals surface area contributed by atoms with Gasteiger partial charge in [-0.05, 0) is 51.0 Å². The first-order valence-electron chi connectivity index (χ1n) is 8.17. The van der Waals surface area contributed by atoms with Gasteiger partial charge in [-0.25, -0.2) is 0 Å². The van der Waals surface area contributed by atoms with E-state index in [1.165, 1.54) is 17.5 Å². The molecule has 0 unspecified atom stereocenters. The minimum Gasteiger partial charge on any atom is -0.452 e. The third-order valence-electron chi connectivity index (χ3n) is 4.27. The van der Waals surface area contributed by atoms with Crippen LogP contribution < -0.4 is 9.47 Å². The van der Waals surface area contributed by atoms with E-state index in [1.807, 2.05) is 24.3 Å². The fraction of sp³-hybridized carbons (Fsp3) is 0.400. The molecule has 0 aliphatic heterocycles. The molecule has 2 nitrogen and oxygen atoms in total. The maximum Gasteiger partial charge on any atom is 0.251 e. The maximum absolute atomic E-state index is 6.31. The van der Waals surface area contributed by atoms with Gasteiger partial charge in [-0.2, -0.15) is 0 Å². The summed E-state index contributed by atoms with van der Waals surface area (Å²) in [5.41, 5.74) is 2.48. The normalized spacial score (nSPS) is 17.0. The van der Waals surface area contributed by atoms with Crippen molar-refractivity contribution in [3.63, 3.8) is 0 Å². The van der Waals surface area contributed by atoms with Crippen LogP contribution in [0.15, 0.2) is 48.5 Å². The molecular formula is C20H24O2. The number of aryl methyl sites for hydroxylation is 2. The fourth-order valence-corrected chi connectivity index (χ4v) is 2.96. The molecule has 0 amide bonds. The summed E-state index contributed by atoms with van der Waals surface area (Å²) in [6, 6.07) is 16.5. The summed E-state index contributed by atoms with van der Waals surface area (Å²) in [5, 5.41) is 0. The van der Waals surface area contributed by atoms with Gasteiger partial charge in [0.05, 0.1) is 0 Å². The van der Waals surface area contributed by atoms with Gasteiger partial charge in [0.25, 0.3) is 5.79 Å². The second-order valence-corrected chi connectivity index (χ2v) is 6.30. The maximum atomic E-state index is 6.31. The second kappa shape index (κ2) is 6.43. The summed E-state index contributed by atoms with van der Waals surface area (Å²) in [6.45, 7) is 4.17. The predicted octanol–water partition coefficient (Wildman–Crippen LogP) is 5.42. The van der Waals surface area contributed by atoms with Crippen molar-refractivity contribution < 1.29 is 9.47 Å². The van der Waals surface area contributed by atoms with Crippen molar-refractivity contribution in [3.05, 3.63) is 59.7 Å². The Morgan fingerprint density at radius 2 is 1.05 bits per heavy atom. The van der Waals surface area contributed by atoms with E-state index in [4.69, 9.17) is 9.47 Å². The van der Waals surface area contributed by atoms with E-state index in [2.05, 4.69) is 38.1 Å². The van der Waals surface area contributed by atoms with Gasteiger partial charge >= 0.3 is 0 Å². The third kappa shape index (κ3) is 3.62. The Balaban J connectivity index is 1.80. The average molecular weight is 296 g/mol. The van der Waals surface area contributed by atoms with Crippen LogP contribution in [0.3, 0.4) is 0 Å². The number of benzene rings is 2. The number of ether oxygens (including phenoxy) is 2. The van der Waals surface area contributed by atoms with E-state index < -0.39 is 5.79 Å². The van der Waals surface area contributed by atoms with Crippen molar-refractivity contribution in [3.8, 4) is 11.5 Å². The molecule has 3 rings (SSSR count). The van der Waals surface area contributed by atoms with Gasteiger partial charge in [0.15, 0.2) is 0 Å². The molecule has 0 saturated heterocycles. The molecule has 2 heteroatoms. The molecule has 1 saturated carbocycles. The Labute approximate surface area is 133 Å². The van der Waals surface area contributed by atoms with Crippen LogP contribution in [0.25, 0.3) is 0 Å². The van der Waals surface area contributed by atoms with Gasteiger partial charge in [-0.1, -0.05) is 41.8 Å². The van der Waals surface area contributed by atoms with Crippen LogP contribution in [0.1, 0.15) is 43.2 Å². The Bertz CT molecular complexity index is 543. The van der Waals surface area contributed by atoms with Crippen molar-refractivity contribution in [1.29, 1.82) is 0 Å². The van der Waals surface area contributed by atoms with Crippen LogP contribution >= 0.6 is 0 Å². The quantitative estimate of drug-likeness (QED) is 0.701. The van der Waals surface area contributed by atoms with Crippen LogP contribution in [0.4, 0.5) is 0 Å². The highest BCUT2D eigenvalue weighted by Crippen LogP contribution is 2.35. The third-order valence-corrected chi connectivity index (χ3v) is 4.27. The Hall–Kier alpha value is -1.96. The molecule has 1 aliphatic rings. The van der Waals surface area contributed by atoms with Gasteiger partial charge < -0.3 is 9.47 Å². The zero-order valence-electron chi connectivity index (χ0n) is 13.5. The molecule has 2 aromatic rings. The summed E-state index contributed by atoms with van der Waals surface area (Å²) >= 11 is 0. The van der Waals surface area contributed by atoms with E-state index in [1.54, 1.807) is 0 Å². The van der Waals surface area contributed by atoms with Crippen molar-refractivity contribution in [2.24, 2.45) is 0 Å². The van der Waals surface area contributed by atoms with Gasteiger partial charge in [0.2, 0.25) is 0 Å². The lowest BCUT2D eigenvalue weighted by molar-refractivity contribution is -0.137. The Morgan fingerprint density at radius 1 is 0.636 bits per heavy atom. The van der Waals surface area contributed by atoms with E-state index in [0.717, 1.165) is 37.2 Å². The smallest absolute Gasteiger partial charge is 0.251 e. The molecule has 1 aliphatic carbocycles. The van der Waals surface area contributed by atoms with E-state index >= 15 is 0 Å². The lowest BCUT2D eigenvalue weighted by atomic mass is 9.94. The first-order valence-corrected chi connectivity index (χ1v) is 8.17. The van der Waals surface area contributed by atoms with Crippen LogP contribution in [-0.4, -0.2) is 5.79 Å². The summed E-state index contributed by atoms with van der Waals surface area (Å²) in [6.07, 6.45) is 5.44. The number of hydrogen-bond acceptors (Lipinski definition) is 2. The van der Waals surface area contributed by atoms with Crippen LogP contribution in [0.5, 0.6) is 11.5 Å². The monoisotopic (exact) mass is 296 g/mol. The molecule has 0 aromatic heterocycles. The summed E-state index contributed by atoms with van der Waals surface area (Å²) < 4.78 is 12.6. The highest BCUT2D eigenvalue weighted by atomic mass is 16.7. The molecule has 2 aromatic carbocycles. The Kier molecular flexibility index (Phi) is 4.37. The summed E-state index contributed by atoms with van der Waals surface area (Å²) in [7, 11) is 0. The minimum atomic E-state index is -0.525. The summed E-state index contributed by atoms with van der Waals surface area (Å²) in [4.78, 5) is 0. The largest absolute Gasteiger partial charge is 0.452 e. The topological polar surface area (TPSA) is 18.5 Å². The zero-order chi connectivity index (χ0) is 15.4. The van der Waals surface area contributed by atoms with Crippen molar-refractivity contribution in [2.45, 2.75) is 51.7 Å². The first kappa shape index (κ1) is 15.0. The highest BCUT2D eigenvalue weighted by Gasteiger charge is 2.36. The van der Waals surface area contributed by atoms with Gasteiger partial charge in [-0.3, -0.25) is 0 Å². The molecule has 0 atom stereocenters. The van der Waals surface area contributed by atoms with E-state index in [-0.39, 0.29) is 0 Å². The Morgan fingerprint density at radius 3 is 1.45 bits per heavy atom. The molecule has 0 spiro atoms. The zero-order valence-corrected chi connectivity index (χ0v) is 13.5. The van der Waals surface area contributed by atoms with Gasteiger partial charge in [0, 0.05) is 12.8 Å². The lowest BCUT2D eigenvalue weighted by Crippen LogP contribution is -2.44. The number of rotatable bonds is 4. The van der Waals surface area contributed by atoms with Crippen molar-refractivity contribution in [2.75, 3.05) is 0 Å². The molecule has 1 fully saturated rings. The van der Waals surface area contributed by atoms with Gasteiger partial charge in [0.1, 0.15) is 11.5 Å². The molecule has 0 radical (unpaired) electrons. The number of hydrogen-bond donors (Lipinski definition) is 0. The second-order valence-electron chi connectivity index (χ2n) is 6.30. The molecule has 22 heavy (non-hydrogen) atoms. The van der Waals surface area contributed by atoms with Crippen LogP contribution in [-0.2, 0) is 0 Å². The van der Waals surface area contributed by atoms with Crippen LogP contribution in [0, 0.1) is 13.8 Å². The van der Waals surface area contributed by atoms with Crippen molar-refractivity contribution >= 4 is 0 Å². The lowest BCUT2D eigenvalue weighted by Gasteiger charge is -2.37. The molecular weight excluding hydrogens is 272 g/mol. The van der Waals surface area contributed by atoms with Crippen molar-refractivity contribution in [1.82, 2.24) is 0 Å². The molecule has 116 valence electrons.